The third-order valence-corrected chi connectivity index (χ3v) is 4.23. The van der Waals surface area contributed by atoms with Crippen LogP contribution in [-0.2, 0) is 0 Å². The van der Waals surface area contributed by atoms with Gasteiger partial charge in [0.15, 0.2) is 0 Å². The van der Waals surface area contributed by atoms with Crippen LogP contribution in [0, 0.1) is 0 Å². The molecule has 2 aliphatic rings. The second-order valence-corrected chi connectivity index (χ2v) is 5.43. The van der Waals surface area contributed by atoms with Gasteiger partial charge in [-0.15, -0.1) is 0 Å². The molecule has 0 bridgehead atoms. The highest BCUT2D eigenvalue weighted by Gasteiger charge is 2.36. The molecule has 0 saturated carbocycles. The predicted molar refractivity (Wildman–Crippen MR) is 64.0 cm³/mol. The summed E-state index contributed by atoms with van der Waals surface area (Å²) in [6, 6.07) is 1.68. The molecule has 0 aromatic heterocycles. The zero-order chi connectivity index (χ0) is 9.80. The zero-order valence-electron chi connectivity index (χ0n) is 9.17. The average Bonchev–Trinajstić information content (AvgIpc) is 2.75. The summed E-state index contributed by atoms with van der Waals surface area (Å²) >= 11 is 1.95. The topological polar surface area (TPSA) is 15.3 Å². The van der Waals surface area contributed by atoms with Gasteiger partial charge < -0.3 is 5.32 Å². The van der Waals surface area contributed by atoms with E-state index in [9.17, 15) is 0 Å². The normalized spacial score (nSPS) is 32.4. The molecule has 2 unspecified atom stereocenters. The summed E-state index contributed by atoms with van der Waals surface area (Å²) < 4.78 is 0. The summed E-state index contributed by atoms with van der Waals surface area (Å²) in [4.78, 5) is 2.67. The number of rotatable bonds is 5. The molecule has 0 aromatic rings. The number of fused-ring (bicyclic) bond motifs is 1. The summed E-state index contributed by atoms with van der Waals surface area (Å²) in [5.74, 6) is 1.30. The first-order chi connectivity index (χ1) is 6.92. The molecule has 2 fully saturated rings. The SMILES string of the molecule is CSCCCNC1CCN2CCCC12. The number of nitrogens with one attached hydrogen (secondary N) is 1. The van der Waals surface area contributed by atoms with Gasteiger partial charge in [-0.1, -0.05) is 0 Å². The highest BCUT2D eigenvalue weighted by atomic mass is 32.2. The van der Waals surface area contributed by atoms with Gasteiger partial charge in [0.1, 0.15) is 0 Å². The molecular formula is C11H22N2S. The highest BCUT2D eigenvalue weighted by molar-refractivity contribution is 7.98. The Balaban J connectivity index is 1.66. The van der Waals surface area contributed by atoms with E-state index in [1.54, 1.807) is 0 Å². The second kappa shape index (κ2) is 5.38. The fourth-order valence-corrected chi connectivity index (χ4v) is 3.26. The lowest BCUT2D eigenvalue weighted by molar-refractivity contribution is 0.299. The van der Waals surface area contributed by atoms with Crippen LogP contribution in [0.25, 0.3) is 0 Å². The van der Waals surface area contributed by atoms with E-state index < -0.39 is 0 Å². The van der Waals surface area contributed by atoms with Gasteiger partial charge in [-0.25, -0.2) is 0 Å². The molecular weight excluding hydrogens is 192 g/mol. The lowest BCUT2D eigenvalue weighted by Crippen LogP contribution is -2.39. The number of nitrogens with zero attached hydrogens (tertiary/aromatic N) is 1. The minimum atomic E-state index is 0.805. The van der Waals surface area contributed by atoms with Crippen molar-refractivity contribution in [3.63, 3.8) is 0 Å². The molecule has 82 valence electrons. The van der Waals surface area contributed by atoms with Crippen molar-refractivity contribution in [3.05, 3.63) is 0 Å². The van der Waals surface area contributed by atoms with Crippen molar-refractivity contribution in [2.75, 3.05) is 31.6 Å². The Morgan fingerprint density at radius 1 is 1.36 bits per heavy atom. The maximum atomic E-state index is 3.73. The molecule has 0 radical (unpaired) electrons. The van der Waals surface area contributed by atoms with Crippen LogP contribution < -0.4 is 5.32 Å². The third-order valence-electron chi connectivity index (χ3n) is 3.54. The summed E-state index contributed by atoms with van der Waals surface area (Å²) in [5, 5.41) is 3.73. The van der Waals surface area contributed by atoms with E-state index in [0.717, 1.165) is 12.1 Å². The molecule has 1 N–H and O–H groups in total. The lowest BCUT2D eigenvalue weighted by atomic mass is 10.1. The second-order valence-electron chi connectivity index (χ2n) is 4.44. The Hall–Kier alpha value is 0.270. The summed E-state index contributed by atoms with van der Waals surface area (Å²) in [6.07, 6.45) is 7.75. The van der Waals surface area contributed by atoms with Crippen molar-refractivity contribution >= 4 is 11.8 Å². The average molecular weight is 214 g/mol. The fourth-order valence-electron chi connectivity index (χ4n) is 2.82. The van der Waals surface area contributed by atoms with Crippen LogP contribution in [0.5, 0.6) is 0 Å². The maximum Gasteiger partial charge on any atom is 0.0250 e. The quantitative estimate of drug-likeness (QED) is 0.699. The summed E-state index contributed by atoms with van der Waals surface area (Å²) in [6.45, 7) is 3.91. The van der Waals surface area contributed by atoms with Crippen molar-refractivity contribution in [2.45, 2.75) is 37.8 Å². The first-order valence-corrected chi connectivity index (χ1v) is 7.27. The van der Waals surface area contributed by atoms with Gasteiger partial charge in [0.2, 0.25) is 0 Å². The molecule has 0 amide bonds. The first-order valence-electron chi connectivity index (χ1n) is 5.88. The minimum absolute atomic E-state index is 0.805. The van der Waals surface area contributed by atoms with Crippen LogP contribution in [0.3, 0.4) is 0 Å². The van der Waals surface area contributed by atoms with Gasteiger partial charge in [-0.05, 0) is 50.8 Å². The van der Waals surface area contributed by atoms with E-state index >= 15 is 0 Å². The molecule has 2 saturated heterocycles. The van der Waals surface area contributed by atoms with E-state index in [0.29, 0.717) is 0 Å². The van der Waals surface area contributed by atoms with E-state index in [1.807, 2.05) is 11.8 Å². The molecule has 14 heavy (non-hydrogen) atoms. The molecule has 3 heteroatoms. The first kappa shape index (κ1) is 10.8. The molecule has 2 heterocycles. The Kier molecular flexibility index (Phi) is 4.14. The molecule has 0 aliphatic carbocycles. The van der Waals surface area contributed by atoms with Crippen LogP contribution in [0.15, 0.2) is 0 Å². The zero-order valence-corrected chi connectivity index (χ0v) is 9.98. The van der Waals surface area contributed by atoms with Gasteiger partial charge in [0.05, 0.1) is 0 Å². The van der Waals surface area contributed by atoms with Gasteiger partial charge in [0.25, 0.3) is 0 Å². The smallest absolute Gasteiger partial charge is 0.0250 e. The van der Waals surface area contributed by atoms with Crippen LogP contribution in [-0.4, -0.2) is 48.6 Å². The van der Waals surface area contributed by atoms with E-state index in [1.165, 1.54) is 51.1 Å². The predicted octanol–water partition coefficient (Wildman–Crippen LogP) is 1.57. The van der Waals surface area contributed by atoms with Crippen molar-refractivity contribution in [1.82, 2.24) is 10.2 Å². The van der Waals surface area contributed by atoms with E-state index in [-0.39, 0.29) is 0 Å². The molecule has 2 atom stereocenters. The fraction of sp³-hybridized carbons (Fsp3) is 1.00. The monoisotopic (exact) mass is 214 g/mol. The summed E-state index contributed by atoms with van der Waals surface area (Å²) in [5.41, 5.74) is 0. The number of hydrogen-bond donors (Lipinski definition) is 1. The molecule has 0 spiro atoms. The maximum absolute atomic E-state index is 3.73. The van der Waals surface area contributed by atoms with Crippen LogP contribution in [0.1, 0.15) is 25.7 Å². The lowest BCUT2D eigenvalue weighted by Gasteiger charge is -2.21. The Morgan fingerprint density at radius 2 is 2.29 bits per heavy atom. The Bertz CT molecular complexity index is 175. The largest absolute Gasteiger partial charge is 0.312 e. The highest BCUT2D eigenvalue weighted by Crippen LogP contribution is 2.27. The number of thioether (sulfide) groups is 1. The summed E-state index contributed by atoms with van der Waals surface area (Å²) in [7, 11) is 0. The van der Waals surface area contributed by atoms with Crippen molar-refractivity contribution < 1.29 is 0 Å². The standard InChI is InChI=1S/C11H22N2S/c1-14-9-3-6-12-10-5-8-13-7-2-4-11(10)13/h10-12H,2-9H2,1H3. The van der Waals surface area contributed by atoms with Crippen LogP contribution >= 0.6 is 11.8 Å². The van der Waals surface area contributed by atoms with Crippen molar-refractivity contribution in [3.8, 4) is 0 Å². The number of hydrogen-bond acceptors (Lipinski definition) is 3. The molecule has 2 aliphatic heterocycles. The van der Waals surface area contributed by atoms with Gasteiger partial charge in [-0.2, -0.15) is 11.8 Å². The van der Waals surface area contributed by atoms with Gasteiger partial charge in [0, 0.05) is 18.6 Å². The van der Waals surface area contributed by atoms with E-state index in [4.69, 9.17) is 0 Å². The van der Waals surface area contributed by atoms with Gasteiger partial charge in [-0.3, -0.25) is 4.90 Å². The van der Waals surface area contributed by atoms with Crippen molar-refractivity contribution in [1.29, 1.82) is 0 Å². The third kappa shape index (κ3) is 2.44. The van der Waals surface area contributed by atoms with Crippen LogP contribution in [0.4, 0.5) is 0 Å². The van der Waals surface area contributed by atoms with E-state index in [2.05, 4.69) is 16.5 Å². The van der Waals surface area contributed by atoms with Gasteiger partial charge >= 0.3 is 0 Å². The van der Waals surface area contributed by atoms with Crippen molar-refractivity contribution in [2.24, 2.45) is 0 Å². The molecule has 2 nitrogen and oxygen atoms in total. The minimum Gasteiger partial charge on any atom is -0.312 e. The Morgan fingerprint density at radius 3 is 3.14 bits per heavy atom. The van der Waals surface area contributed by atoms with Crippen LogP contribution in [0.2, 0.25) is 0 Å². The molecule has 2 rings (SSSR count). The Labute approximate surface area is 91.8 Å². The molecule has 0 aromatic carbocycles.